The molecule has 0 aromatic carbocycles. The van der Waals surface area contributed by atoms with Crippen LogP contribution in [0.4, 0.5) is 5.82 Å². The van der Waals surface area contributed by atoms with Crippen LogP contribution < -0.4 is 10.2 Å². The lowest BCUT2D eigenvalue weighted by Crippen LogP contribution is -2.36. The van der Waals surface area contributed by atoms with E-state index in [1.165, 1.54) is 31.2 Å². The lowest BCUT2D eigenvalue weighted by Gasteiger charge is -2.35. The highest BCUT2D eigenvalue weighted by molar-refractivity contribution is 5.47. The first kappa shape index (κ1) is 13.3. The second kappa shape index (κ2) is 6.19. The van der Waals surface area contributed by atoms with Crippen molar-refractivity contribution in [3.63, 3.8) is 0 Å². The highest BCUT2D eigenvalue weighted by Crippen LogP contribution is 2.29. The van der Waals surface area contributed by atoms with E-state index in [4.69, 9.17) is 0 Å². The predicted octanol–water partition coefficient (Wildman–Crippen LogP) is 2.82. The van der Waals surface area contributed by atoms with Crippen LogP contribution in [0.2, 0.25) is 0 Å². The molecular formula is C15H25N3. The summed E-state index contributed by atoms with van der Waals surface area (Å²) >= 11 is 0. The topological polar surface area (TPSA) is 28.2 Å². The summed E-state index contributed by atoms with van der Waals surface area (Å²) in [6, 6.07) is 4.84. The quantitative estimate of drug-likeness (QED) is 0.887. The first-order chi connectivity index (χ1) is 8.72. The first-order valence-electron chi connectivity index (χ1n) is 7.03. The number of pyridine rings is 1. The Balaban J connectivity index is 2.14. The van der Waals surface area contributed by atoms with E-state index in [1.807, 2.05) is 19.3 Å². The monoisotopic (exact) mass is 247 g/mol. The van der Waals surface area contributed by atoms with Gasteiger partial charge in [-0.3, -0.25) is 0 Å². The molecule has 3 heteroatoms. The molecule has 1 aliphatic rings. The zero-order valence-electron chi connectivity index (χ0n) is 11.8. The molecule has 1 fully saturated rings. The predicted molar refractivity (Wildman–Crippen MR) is 76.8 cm³/mol. The van der Waals surface area contributed by atoms with Crippen LogP contribution in [0.5, 0.6) is 0 Å². The van der Waals surface area contributed by atoms with E-state index in [1.54, 1.807) is 0 Å². The molecule has 0 amide bonds. The standard InChI is InChI=1S/C15H25N3/c1-12-6-4-8-14(10-12)18(3)15-13(11-16-2)7-5-9-17-15/h5,7,9,12,14,16H,4,6,8,10-11H2,1-3H3. The van der Waals surface area contributed by atoms with Gasteiger partial charge in [0.25, 0.3) is 0 Å². The Morgan fingerprint density at radius 1 is 1.44 bits per heavy atom. The molecule has 0 aliphatic heterocycles. The normalized spacial score (nSPS) is 23.9. The number of nitrogens with one attached hydrogen (secondary N) is 1. The highest BCUT2D eigenvalue weighted by Gasteiger charge is 2.24. The van der Waals surface area contributed by atoms with Gasteiger partial charge in [-0.1, -0.05) is 25.8 Å². The van der Waals surface area contributed by atoms with Crippen molar-refractivity contribution in [2.24, 2.45) is 5.92 Å². The molecule has 3 nitrogen and oxygen atoms in total. The summed E-state index contributed by atoms with van der Waals surface area (Å²) < 4.78 is 0. The van der Waals surface area contributed by atoms with Gasteiger partial charge in [0.1, 0.15) is 5.82 Å². The minimum atomic E-state index is 0.652. The van der Waals surface area contributed by atoms with Gasteiger partial charge in [-0.25, -0.2) is 4.98 Å². The summed E-state index contributed by atoms with van der Waals surface area (Å²) in [5.41, 5.74) is 1.29. The molecule has 0 bridgehead atoms. The van der Waals surface area contributed by atoms with Crippen molar-refractivity contribution in [3.8, 4) is 0 Å². The average Bonchev–Trinajstić information content (AvgIpc) is 2.39. The van der Waals surface area contributed by atoms with Gasteiger partial charge >= 0.3 is 0 Å². The lowest BCUT2D eigenvalue weighted by molar-refractivity contribution is 0.335. The summed E-state index contributed by atoms with van der Waals surface area (Å²) in [5.74, 6) is 1.99. The maximum atomic E-state index is 4.58. The van der Waals surface area contributed by atoms with Gasteiger partial charge in [-0.05, 0) is 31.9 Å². The van der Waals surface area contributed by atoms with Crippen molar-refractivity contribution in [1.82, 2.24) is 10.3 Å². The van der Waals surface area contributed by atoms with Gasteiger partial charge in [-0.15, -0.1) is 0 Å². The Bertz CT molecular complexity index is 378. The average molecular weight is 247 g/mol. The number of aromatic nitrogens is 1. The van der Waals surface area contributed by atoms with E-state index in [0.717, 1.165) is 18.3 Å². The molecule has 1 heterocycles. The molecule has 0 spiro atoms. The van der Waals surface area contributed by atoms with Gasteiger partial charge in [0.2, 0.25) is 0 Å². The van der Waals surface area contributed by atoms with Crippen molar-refractivity contribution < 1.29 is 0 Å². The van der Waals surface area contributed by atoms with Crippen LogP contribution in [-0.4, -0.2) is 25.1 Å². The molecule has 0 radical (unpaired) electrons. The molecule has 1 aliphatic carbocycles. The summed E-state index contributed by atoms with van der Waals surface area (Å²) in [7, 11) is 4.18. The maximum Gasteiger partial charge on any atom is 0.132 e. The molecule has 1 aromatic rings. The molecule has 100 valence electrons. The Morgan fingerprint density at radius 3 is 3.00 bits per heavy atom. The van der Waals surface area contributed by atoms with Crippen LogP contribution >= 0.6 is 0 Å². The number of hydrogen-bond donors (Lipinski definition) is 1. The van der Waals surface area contributed by atoms with Gasteiger partial charge < -0.3 is 10.2 Å². The molecular weight excluding hydrogens is 222 g/mol. The maximum absolute atomic E-state index is 4.58. The molecule has 2 rings (SSSR count). The minimum Gasteiger partial charge on any atom is -0.356 e. The van der Waals surface area contributed by atoms with Crippen LogP contribution in [0.15, 0.2) is 18.3 Å². The third-order valence-electron chi connectivity index (χ3n) is 4.03. The van der Waals surface area contributed by atoms with Crippen molar-refractivity contribution in [3.05, 3.63) is 23.9 Å². The van der Waals surface area contributed by atoms with Crippen molar-refractivity contribution in [1.29, 1.82) is 0 Å². The Kier molecular flexibility index (Phi) is 4.59. The summed E-state index contributed by atoms with van der Waals surface area (Å²) in [6.07, 6.45) is 7.24. The van der Waals surface area contributed by atoms with Crippen molar-refractivity contribution in [2.45, 2.75) is 45.2 Å². The zero-order valence-corrected chi connectivity index (χ0v) is 11.8. The highest BCUT2D eigenvalue weighted by atomic mass is 15.2. The van der Waals surface area contributed by atoms with Gasteiger partial charge in [-0.2, -0.15) is 0 Å². The summed E-state index contributed by atoms with van der Waals surface area (Å²) in [6.45, 7) is 3.25. The molecule has 2 unspecified atom stereocenters. The summed E-state index contributed by atoms with van der Waals surface area (Å²) in [5, 5.41) is 3.22. The van der Waals surface area contributed by atoms with Gasteiger partial charge in [0, 0.05) is 31.4 Å². The van der Waals surface area contributed by atoms with Crippen LogP contribution in [0.25, 0.3) is 0 Å². The third-order valence-corrected chi connectivity index (χ3v) is 4.03. The van der Waals surface area contributed by atoms with Gasteiger partial charge in [0.15, 0.2) is 0 Å². The molecule has 1 aromatic heterocycles. The van der Waals surface area contributed by atoms with E-state index in [0.29, 0.717) is 6.04 Å². The number of hydrogen-bond acceptors (Lipinski definition) is 3. The fourth-order valence-electron chi connectivity index (χ4n) is 3.00. The van der Waals surface area contributed by atoms with E-state index in [9.17, 15) is 0 Å². The number of rotatable bonds is 4. The van der Waals surface area contributed by atoms with Crippen LogP contribution in [0.3, 0.4) is 0 Å². The van der Waals surface area contributed by atoms with Crippen LogP contribution in [0, 0.1) is 5.92 Å². The SMILES string of the molecule is CNCc1cccnc1N(C)C1CCCC(C)C1. The molecule has 2 atom stereocenters. The first-order valence-corrected chi connectivity index (χ1v) is 7.03. The van der Waals surface area contributed by atoms with Crippen LogP contribution in [-0.2, 0) is 6.54 Å². The molecule has 1 saturated carbocycles. The van der Waals surface area contributed by atoms with Crippen molar-refractivity contribution in [2.75, 3.05) is 19.0 Å². The van der Waals surface area contributed by atoms with Crippen LogP contribution in [0.1, 0.15) is 38.2 Å². The Labute approximate surface area is 111 Å². The van der Waals surface area contributed by atoms with E-state index in [2.05, 4.69) is 35.2 Å². The zero-order chi connectivity index (χ0) is 13.0. The second-order valence-electron chi connectivity index (χ2n) is 5.55. The van der Waals surface area contributed by atoms with Gasteiger partial charge in [0.05, 0.1) is 0 Å². The van der Waals surface area contributed by atoms with Crippen molar-refractivity contribution >= 4 is 5.82 Å². The molecule has 18 heavy (non-hydrogen) atoms. The van der Waals surface area contributed by atoms with E-state index < -0.39 is 0 Å². The fourth-order valence-corrected chi connectivity index (χ4v) is 3.00. The largest absolute Gasteiger partial charge is 0.356 e. The molecule has 1 N–H and O–H groups in total. The fraction of sp³-hybridized carbons (Fsp3) is 0.667. The Hall–Kier alpha value is -1.09. The third kappa shape index (κ3) is 3.02. The van der Waals surface area contributed by atoms with E-state index in [-0.39, 0.29) is 0 Å². The molecule has 0 saturated heterocycles. The summed E-state index contributed by atoms with van der Waals surface area (Å²) in [4.78, 5) is 6.97. The second-order valence-corrected chi connectivity index (χ2v) is 5.55. The number of nitrogens with zero attached hydrogens (tertiary/aromatic N) is 2. The lowest BCUT2D eigenvalue weighted by atomic mass is 9.86. The smallest absolute Gasteiger partial charge is 0.132 e. The Morgan fingerprint density at radius 2 is 2.28 bits per heavy atom. The minimum absolute atomic E-state index is 0.652. The number of anilines is 1. The van der Waals surface area contributed by atoms with E-state index >= 15 is 0 Å².